The van der Waals surface area contributed by atoms with E-state index < -0.39 is 0 Å². The molecule has 0 aliphatic carbocycles. The summed E-state index contributed by atoms with van der Waals surface area (Å²) in [7, 11) is 0. The molecule has 0 radical (unpaired) electrons. The Balaban J connectivity index is 1.29. The molecule has 2 aromatic carbocycles. The van der Waals surface area contributed by atoms with Gasteiger partial charge in [0.05, 0.1) is 0 Å². The fourth-order valence-corrected chi connectivity index (χ4v) is 3.32. The lowest BCUT2D eigenvalue weighted by atomic mass is 10.1. The van der Waals surface area contributed by atoms with Gasteiger partial charge in [0.1, 0.15) is 0 Å². The SMILES string of the molecule is O=C(NCc1ccc2c(c1)OCO2)Nc1ccc(N2CCCCC2)cc1. The summed E-state index contributed by atoms with van der Waals surface area (Å²) in [5.41, 5.74) is 2.97. The lowest BCUT2D eigenvalue weighted by molar-refractivity contribution is 0.174. The number of nitrogens with one attached hydrogen (secondary N) is 2. The molecule has 136 valence electrons. The van der Waals surface area contributed by atoms with Gasteiger partial charge in [0, 0.05) is 31.0 Å². The highest BCUT2D eigenvalue weighted by Crippen LogP contribution is 2.32. The summed E-state index contributed by atoms with van der Waals surface area (Å²) >= 11 is 0. The van der Waals surface area contributed by atoms with E-state index in [4.69, 9.17) is 9.47 Å². The molecule has 0 unspecified atom stereocenters. The van der Waals surface area contributed by atoms with E-state index in [0.29, 0.717) is 6.54 Å². The predicted molar refractivity (Wildman–Crippen MR) is 101 cm³/mol. The molecule has 2 N–H and O–H groups in total. The number of rotatable bonds is 4. The number of piperidine rings is 1. The minimum atomic E-state index is -0.228. The monoisotopic (exact) mass is 353 g/mol. The molecule has 4 rings (SSSR count). The van der Waals surface area contributed by atoms with Crippen molar-refractivity contribution < 1.29 is 14.3 Å². The number of nitrogens with zero attached hydrogens (tertiary/aromatic N) is 1. The number of hydrogen-bond donors (Lipinski definition) is 2. The molecule has 2 amide bonds. The Kier molecular flexibility index (Phi) is 4.82. The first kappa shape index (κ1) is 16.6. The van der Waals surface area contributed by atoms with Gasteiger partial charge in [-0.15, -0.1) is 0 Å². The molecule has 0 bridgehead atoms. The molecule has 2 aromatic rings. The number of carbonyl (C=O) groups is 1. The van der Waals surface area contributed by atoms with Crippen LogP contribution in [0, 0.1) is 0 Å². The zero-order valence-corrected chi connectivity index (χ0v) is 14.7. The Morgan fingerprint density at radius 1 is 0.962 bits per heavy atom. The average Bonchev–Trinajstić information content (AvgIpc) is 3.15. The number of ether oxygens (including phenoxy) is 2. The number of urea groups is 1. The number of anilines is 2. The fourth-order valence-electron chi connectivity index (χ4n) is 3.32. The van der Waals surface area contributed by atoms with Gasteiger partial charge in [0.25, 0.3) is 0 Å². The van der Waals surface area contributed by atoms with Crippen molar-refractivity contribution >= 4 is 17.4 Å². The molecule has 0 spiro atoms. The molecule has 2 heterocycles. The molecule has 0 saturated carbocycles. The van der Waals surface area contributed by atoms with Crippen LogP contribution in [0.25, 0.3) is 0 Å². The zero-order valence-electron chi connectivity index (χ0n) is 14.7. The first-order chi connectivity index (χ1) is 12.8. The summed E-state index contributed by atoms with van der Waals surface area (Å²) in [6, 6.07) is 13.5. The summed E-state index contributed by atoms with van der Waals surface area (Å²) in [6.45, 7) is 2.90. The quantitative estimate of drug-likeness (QED) is 0.879. The van der Waals surface area contributed by atoms with Crippen LogP contribution in [-0.2, 0) is 6.54 Å². The number of carbonyl (C=O) groups excluding carboxylic acids is 1. The van der Waals surface area contributed by atoms with Gasteiger partial charge in [-0.05, 0) is 61.2 Å². The van der Waals surface area contributed by atoms with E-state index in [9.17, 15) is 4.79 Å². The molecule has 0 aromatic heterocycles. The smallest absolute Gasteiger partial charge is 0.319 e. The topological polar surface area (TPSA) is 62.8 Å². The van der Waals surface area contributed by atoms with Gasteiger partial charge in [0.2, 0.25) is 6.79 Å². The van der Waals surface area contributed by atoms with Crippen LogP contribution in [0.3, 0.4) is 0 Å². The minimum absolute atomic E-state index is 0.228. The molecule has 1 fully saturated rings. The van der Waals surface area contributed by atoms with Gasteiger partial charge >= 0.3 is 6.03 Å². The van der Waals surface area contributed by atoms with Crippen molar-refractivity contribution in [1.82, 2.24) is 5.32 Å². The van der Waals surface area contributed by atoms with E-state index in [1.54, 1.807) is 0 Å². The minimum Gasteiger partial charge on any atom is -0.454 e. The van der Waals surface area contributed by atoms with E-state index in [1.165, 1.54) is 24.9 Å². The van der Waals surface area contributed by atoms with Gasteiger partial charge in [-0.2, -0.15) is 0 Å². The first-order valence-electron chi connectivity index (χ1n) is 9.06. The second-order valence-corrected chi connectivity index (χ2v) is 6.59. The van der Waals surface area contributed by atoms with Gasteiger partial charge in [-0.25, -0.2) is 4.79 Å². The Bertz CT molecular complexity index is 770. The van der Waals surface area contributed by atoms with Crippen LogP contribution >= 0.6 is 0 Å². The van der Waals surface area contributed by atoms with Crippen molar-refractivity contribution in [2.45, 2.75) is 25.8 Å². The summed E-state index contributed by atoms with van der Waals surface area (Å²) in [5.74, 6) is 1.46. The van der Waals surface area contributed by atoms with Crippen LogP contribution in [-0.4, -0.2) is 25.9 Å². The third-order valence-corrected chi connectivity index (χ3v) is 4.74. The Hall–Kier alpha value is -2.89. The van der Waals surface area contributed by atoms with Gasteiger partial charge < -0.3 is 25.0 Å². The summed E-state index contributed by atoms with van der Waals surface area (Å²) in [6.07, 6.45) is 3.82. The zero-order chi connectivity index (χ0) is 17.8. The lowest BCUT2D eigenvalue weighted by Crippen LogP contribution is -2.29. The maximum absolute atomic E-state index is 12.1. The number of fused-ring (bicyclic) bond motifs is 1. The Labute approximate surface area is 153 Å². The highest BCUT2D eigenvalue weighted by Gasteiger charge is 2.14. The summed E-state index contributed by atoms with van der Waals surface area (Å²) in [5, 5.41) is 5.73. The van der Waals surface area contributed by atoms with E-state index in [-0.39, 0.29) is 12.8 Å². The first-order valence-corrected chi connectivity index (χ1v) is 9.06. The molecule has 26 heavy (non-hydrogen) atoms. The predicted octanol–water partition coefficient (Wildman–Crippen LogP) is 3.73. The van der Waals surface area contributed by atoms with Crippen LogP contribution in [0.2, 0.25) is 0 Å². The lowest BCUT2D eigenvalue weighted by Gasteiger charge is -2.28. The highest BCUT2D eigenvalue weighted by molar-refractivity contribution is 5.89. The van der Waals surface area contributed by atoms with E-state index in [1.807, 2.05) is 30.3 Å². The molecule has 1 saturated heterocycles. The van der Waals surface area contributed by atoms with Crippen LogP contribution in [0.4, 0.5) is 16.2 Å². The average molecular weight is 353 g/mol. The molecule has 6 nitrogen and oxygen atoms in total. The fraction of sp³-hybridized carbons (Fsp3) is 0.350. The highest BCUT2D eigenvalue weighted by atomic mass is 16.7. The largest absolute Gasteiger partial charge is 0.454 e. The van der Waals surface area contributed by atoms with Crippen molar-refractivity contribution in [3.05, 3.63) is 48.0 Å². The van der Waals surface area contributed by atoms with E-state index in [0.717, 1.165) is 35.8 Å². The van der Waals surface area contributed by atoms with E-state index in [2.05, 4.69) is 27.7 Å². The van der Waals surface area contributed by atoms with Crippen molar-refractivity contribution in [2.75, 3.05) is 30.1 Å². The second-order valence-electron chi connectivity index (χ2n) is 6.59. The molecule has 0 atom stereocenters. The van der Waals surface area contributed by atoms with Crippen LogP contribution < -0.4 is 25.0 Å². The van der Waals surface area contributed by atoms with Gasteiger partial charge in [0.15, 0.2) is 11.5 Å². The van der Waals surface area contributed by atoms with Crippen LogP contribution in [0.15, 0.2) is 42.5 Å². The molecular formula is C20H23N3O3. The third-order valence-electron chi connectivity index (χ3n) is 4.74. The number of benzene rings is 2. The van der Waals surface area contributed by atoms with Crippen molar-refractivity contribution in [2.24, 2.45) is 0 Å². The van der Waals surface area contributed by atoms with Crippen molar-refractivity contribution in [3.8, 4) is 11.5 Å². The Morgan fingerprint density at radius 3 is 2.54 bits per heavy atom. The molecular weight excluding hydrogens is 330 g/mol. The van der Waals surface area contributed by atoms with Crippen LogP contribution in [0.1, 0.15) is 24.8 Å². The van der Waals surface area contributed by atoms with Crippen molar-refractivity contribution in [3.63, 3.8) is 0 Å². The summed E-state index contributed by atoms with van der Waals surface area (Å²) < 4.78 is 10.6. The van der Waals surface area contributed by atoms with E-state index >= 15 is 0 Å². The maximum atomic E-state index is 12.1. The Morgan fingerprint density at radius 2 is 1.73 bits per heavy atom. The molecule has 2 aliphatic heterocycles. The maximum Gasteiger partial charge on any atom is 0.319 e. The van der Waals surface area contributed by atoms with Gasteiger partial charge in [-0.3, -0.25) is 0 Å². The number of hydrogen-bond acceptors (Lipinski definition) is 4. The normalized spacial score (nSPS) is 15.6. The standard InChI is InChI=1S/C20H23N3O3/c24-20(21-13-15-4-9-18-19(12-15)26-14-25-18)22-16-5-7-17(8-6-16)23-10-2-1-3-11-23/h4-9,12H,1-3,10-11,13-14H2,(H2,21,22,24). The summed E-state index contributed by atoms with van der Waals surface area (Å²) in [4.78, 5) is 14.5. The molecule has 2 aliphatic rings. The third kappa shape index (κ3) is 3.85. The second kappa shape index (κ2) is 7.56. The van der Waals surface area contributed by atoms with Gasteiger partial charge in [-0.1, -0.05) is 6.07 Å². The van der Waals surface area contributed by atoms with Crippen LogP contribution in [0.5, 0.6) is 11.5 Å². The number of amides is 2. The van der Waals surface area contributed by atoms with Crippen molar-refractivity contribution in [1.29, 1.82) is 0 Å². The molecule has 6 heteroatoms.